The minimum Gasteiger partial charge on any atom is -0.372 e. The third-order valence-corrected chi connectivity index (χ3v) is 4.91. The first-order valence-corrected chi connectivity index (χ1v) is 8.52. The van der Waals surface area contributed by atoms with Crippen LogP contribution >= 0.6 is 0 Å². The van der Waals surface area contributed by atoms with Crippen molar-refractivity contribution in [3.8, 4) is 0 Å². The Morgan fingerprint density at radius 2 is 1.78 bits per heavy atom. The summed E-state index contributed by atoms with van der Waals surface area (Å²) >= 11 is 0. The summed E-state index contributed by atoms with van der Waals surface area (Å²) in [5, 5.41) is 3.18. The average Bonchev–Trinajstić information content (AvgIpc) is 3.14. The maximum absolute atomic E-state index is 12.5. The molecule has 0 radical (unpaired) electrons. The molecule has 1 aliphatic carbocycles. The van der Waals surface area contributed by atoms with Crippen LogP contribution in [-0.2, 0) is 0 Å². The molecule has 23 heavy (non-hydrogen) atoms. The molecule has 118 valence electrons. The Balaban J connectivity index is 1.41. The lowest BCUT2D eigenvalue weighted by Gasteiger charge is -2.18. The SMILES string of the molecule is O=C(NC1CC1c1ccccc1)c1cccc(N2CCCC2)c1. The number of hydrogen-bond acceptors (Lipinski definition) is 2. The van der Waals surface area contributed by atoms with Crippen molar-refractivity contribution >= 4 is 11.6 Å². The highest BCUT2D eigenvalue weighted by atomic mass is 16.1. The molecule has 1 aliphatic heterocycles. The van der Waals surface area contributed by atoms with Crippen molar-refractivity contribution in [1.29, 1.82) is 0 Å². The van der Waals surface area contributed by atoms with Crippen molar-refractivity contribution in [1.82, 2.24) is 5.32 Å². The molecule has 4 rings (SSSR count). The van der Waals surface area contributed by atoms with Gasteiger partial charge in [-0.3, -0.25) is 4.79 Å². The van der Waals surface area contributed by atoms with Gasteiger partial charge in [0.2, 0.25) is 0 Å². The lowest BCUT2D eigenvalue weighted by molar-refractivity contribution is 0.0950. The monoisotopic (exact) mass is 306 g/mol. The number of nitrogens with one attached hydrogen (secondary N) is 1. The average molecular weight is 306 g/mol. The molecule has 0 bridgehead atoms. The fraction of sp³-hybridized carbons (Fsp3) is 0.350. The normalized spacial score (nSPS) is 22.9. The first kappa shape index (κ1) is 14.3. The molecule has 1 saturated heterocycles. The van der Waals surface area contributed by atoms with Gasteiger partial charge in [0.15, 0.2) is 0 Å². The number of carbonyl (C=O) groups excluding carboxylic acids is 1. The van der Waals surface area contributed by atoms with Gasteiger partial charge < -0.3 is 10.2 Å². The van der Waals surface area contributed by atoms with Crippen LogP contribution in [0, 0.1) is 0 Å². The lowest BCUT2D eigenvalue weighted by Crippen LogP contribution is -2.27. The van der Waals surface area contributed by atoms with Crippen LogP contribution in [0.4, 0.5) is 5.69 Å². The van der Waals surface area contributed by atoms with Crippen LogP contribution in [0.25, 0.3) is 0 Å². The molecule has 2 atom stereocenters. The predicted octanol–water partition coefficient (Wildman–Crippen LogP) is 3.57. The summed E-state index contributed by atoms with van der Waals surface area (Å²) in [6.07, 6.45) is 3.54. The van der Waals surface area contributed by atoms with E-state index in [1.165, 1.54) is 24.1 Å². The van der Waals surface area contributed by atoms with E-state index in [0.717, 1.165) is 25.1 Å². The van der Waals surface area contributed by atoms with Gasteiger partial charge in [-0.1, -0.05) is 36.4 Å². The number of hydrogen-bond donors (Lipinski definition) is 1. The van der Waals surface area contributed by atoms with Gasteiger partial charge in [0, 0.05) is 36.3 Å². The van der Waals surface area contributed by atoms with E-state index in [-0.39, 0.29) is 11.9 Å². The van der Waals surface area contributed by atoms with Gasteiger partial charge >= 0.3 is 0 Å². The van der Waals surface area contributed by atoms with Gasteiger partial charge in [0.25, 0.3) is 5.91 Å². The predicted molar refractivity (Wildman–Crippen MR) is 92.9 cm³/mol. The second kappa shape index (κ2) is 6.07. The molecule has 1 heterocycles. The molecular formula is C20H22N2O. The molecule has 1 amide bonds. The van der Waals surface area contributed by atoms with Gasteiger partial charge in [-0.05, 0) is 43.0 Å². The van der Waals surface area contributed by atoms with E-state index < -0.39 is 0 Å². The summed E-state index contributed by atoms with van der Waals surface area (Å²) in [5.74, 6) is 0.524. The molecular weight excluding hydrogens is 284 g/mol. The molecule has 2 fully saturated rings. The number of amides is 1. The summed E-state index contributed by atoms with van der Waals surface area (Å²) in [6, 6.07) is 18.8. The quantitative estimate of drug-likeness (QED) is 0.936. The van der Waals surface area contributed by atoms with Crippen LogP contribution in [0.3, 0.4) is 0 Å². The standard InChI is InChI=1S/C20H22N2O/c23-20(21-19-14-18(19)15-7-2-1-3-8-15)16-9-6-10-17(13-16)22-11-4-5-12-22/h1-3,6-10,13,18-19H,4-5,11-12,14H2,(H,21,23). The summed E-state index contributed by atoms with van der Waals surface area (Å²) in [4.78, 5) is 14.9. The van der Waals surface area contributed by atoms with Crippen LogP contribution in [0.5, 0.6) is 0 Å². The van der Waals surface area contributed by atoms with E-state index >= 15 is 0 Å². The van der Waals surface area contributed by atoms with E-state index in [1.807, 2.05) is 24.3 Å². The molecule has 3 heteroatoms. The lowest BCUT2D eigenvalue weighted by atomic mass is 10.1. The van der Waals surface area contributed by atoms with Crippen LogP contribution < -0.4 is 10.2 Å². The van der Waals surface area contributed by atoms with Crippen molar-refractivity contribution in [2.45, 2.75) is 31.2 Å². The Kier molecular flexibility index (Phi) is 3.78. The molecule has 0 spiro atoms. The second-order valence-electron chi connectivity index (χ2n) is 6.58. The summed E-state index contributed by atoms with van der Waals surface area (Å²) in [6.45, 7) is 2.20. The maximum Gasteiger partial charge on any atom is 0.251 e. The molecule has 2 aromatic rings. The topological polar surface area (TPSA) is 32.3 Å². The number of nitrogens with zero attached hydrogens (tertiary/aromatic N) is 1. The number of anilines is 1. The molecule has 1 saturated carbocycles. The fourth-order valence-corrected chi connectivity index (χ4v) is 3.49. The largest absolute Gasteiger partial charge is 0.372 e. The van der Waals surface area contributed by atoms with Crippen molar-refractivity contribution in [2.75, 3.05) is 18.0 Å². The van der Waals surface area contributed by atoms with E-state index in [9.17, 15) is 4.79 Å². The zero-order valence-electron chi connectivity index (χ0n) is 13.2. The Bertz CT molecular complexity index is 692. The van der Waals surface area contributed by atoms with Crippen LogP contribution in [-0.4, -0.2) is 25.0 Å². The van der Waals surface area contributed by atoms with Crippen LogP contribution in [0.15, 0.2) is 54.6 Å². The highest BCUT2D eigenvalue weighted by Crippen LogP contribution is 2.40. The third-order valence-electron chi connectivity index (χ3n) is 4.91. The molecule has 3 nitrogen and oxygen atoms in total. The maximum atomic E-state index is 12.5. The first-order valence-electron chi connectivity index (χ1n) is 8.52. The van der Waals surface area contributed by atoms with Crippen LogP contribution in [0.2, 0.25) is 0 Å². The first-order chi connectivity index (χ1) is 11.3. The summed E-state index contributed by atoms with van der Waals surface area (Å²) in [7, 11) is 0. The highest BCUT2D eigenvalue weighted by molar-refractivity contribution is 5.95. The Labute approximate surface area is 137 Å². The Morgan fingerprint density at radius 1 is 1.00 bits per heavy atom. The Morgan fingerprint density at radius 3 is 2.57 bits per heavy atom. The summed E-state index contributed by atoms with van der Waals surface area (Å²) < 4.78 is 0. The molecule has 2 aromatic carbocycles. The van der Waals surface area contributed by atoms with Gasteiger partial charge in [-0.15, -0.1) is 0 Å². The van der Waals surface area contributed by atoms with Crippen molar-refractivity contribution in [3.05, 3.63) is 65.7 Å². The summed E-state index contributed by atoms with van der Waals surface area (Å²) in [5.41, 5.74) is 3.27. The minimum atomic E-state index is 0.0504. The van der Waals surface area contributed by atoms with Gasteiger partial charge in [0.05, 0.1) is 0 Å². The third kappa shape index (κ3) is 3.09. The van der Waals surface area contributed by atoms with E-state index in [4.69, 9.17) is 0 Å². The number of rotatable bonds is 4. The molecule has 0 aromatic heterocycles. The van der Waals surface area contributed by atoms with E-state index in [1.54, 1.807) is 0 Å². The Hall–Kier alpha value is -2.29. The van der Waals surface area contributed by atoms with Crippen molar-refractivity contribution < 1.29 is 4.79 Å². The molecule has 1 N–H and O–H groups in total. The number of benzene rings is 2. The second-order valence-corrected chi connectivity index (χ2v) is 6.58. The minimum absolute atomic E-state index is 0.0504. The number of carbonyl (C=O) groups is 1. The fourth-order valence-electron chi connectivity index (χ4n) is 3.49. The van der Waals surface area contributed by atoms with Crippen molar-refractivity contribution in [3.63, 3.8) is 0 Å². The zero-order valence-corrected chi connectivity index (χ0v) is 13.2. The highest BCUT2D eigenvalue weighted by Gasteiger charge is 2.39. The van der Waals surface area contributed by atoms with Crippen LogP contribution in [0.1, 0.15) is 41.1 Å². The van der Waals surface area contributed by atoms with Gasteiger partial charge in [-0.25, -0.2) is 0 Å². The van der Waals surface area contributed by atoms with E-state index in [2.05, 4.69) is 40.5 Å². The smallest absolute Gasteiger partial charge is 0.251 e. The van der Waals surface area contributed by atoms with E-state index in [0.29, 0.717) is 5.92 Å². The molecule has 2 unspecified atom stereocenters. The van der Waals surface area contributed by atoms with Gasteiger partial charge in [-0.2, -0.15) is 0 Å². The van der Waals surface area contributed by atoms with Crippen molar-refractivity contribution in [2.24, 2.45) is 0 Å². The zero-order chi connectivity index (χ0) is 15.6. The van der Waals surface area contributed by atoms with Gasteiger partial charge in [0.1, 0.15) is 0 Å². The molecule has 2 aliphatic rings.